The Kier molecular flexibility index (Phi) is 10.2. The van der Waals surface area contributed by atoms with Gasteiger partial charge in [-0.05, 0) is 30.7 Å². The van der Waals surface area contributed by atoms with Gasteiger partial charge in [0.2, 0.25) is 11.8 Å². The number of hydrogen-bond acceptors (Lipinski definition) is 4. The Morgan fingerprint density at radius 3 is 2.23 bits per heavy atom. The topological polar surface area (TPSA) is 78.7 Å². The molecule has 30 heavy (non-hydrogen) atoms. The van der Waals surface area contributed by atoms with E-state index in [0.29, 0.717) is 31.9 Å². The number of nitrogens with two attached hydrogens (primary N) is 1. The molecule has 2 atom stereocenters. The van der Waals surface area contributed by atoms with E-state index in [2.05, 4.69) is 5.32 Å². The predicted octanol–water partition coefficient (Wildman–Crippen LogP) is 2.84. The van der Waals surface area contributed by atoms with Crippen molar-refractivity contribution in [2.45, 2.75) is 19.0 Å². The van der Waals surface area contributed by atoms with Crippen molar-refractivity contribution >= 4 is 42.3 Å². The average Bonchev–Trinajstić information content (AvgIpc) is 2.73. The number of hydrogen-bond donors (Lipinski definition) is 2. The molecule has 0 aromatic heterocycles. The highest BCUT2D eigenvalue weighted by Crippen LogP contribution is 2.16. The van der Waals surface area contributed by atoms with E-state index in [9.17, 15) is 14.0 Å². The first kappa shape index (κ1) is 25.8. The van der Waals surface area contributed by atoms with Crippen LogP contribution in [0.2, 0.25) is 0 Å². The van der Waals surface area contributed by atoms with Crippen LogP contribution in [0, 0.1) is 5.82 Å². The van der Waals surface area contributed by atoms with E-state index in [4.69, 9.17) is 5.73 Å². The molecule has 1 aliphatic heterocycles. The molecule has 0 radical (unpaired) electrons. The van der Waals surface area contributed by atoms with Crippen LogP contribution in [0.3, 0.4) is 0 Å². The summed E-state index contributed by atoms with van der Waals surface area (Å²) in [5.74, 6) is -0.707. The van der Waals surface area contributed by atoms with Crippen molar-refractivity contribution < 1.29 is 14.0 Å². The van der Waals surface area contributed by atoms with Crippen LogP contribution in [0.1, 0.15) is 18.5 Å². The lowest BCUT2D eigenvalue weighted by molar-refractivity contribution is -0.135. The molecule has 164 valence electrons. The van der Waals surface area contributed by atoms with Gasteiger partial charge >= 0.3 is 0 Å². The lowest BCUT2D eigenvalue weighted by Crippen LogP contribution is -2.55. The normalized spacial score (nSPS) is 15.9. The summed E-state index contributed by atoms with van der Waals surface area (Å²) in [5, 5.41) is 2.73. The van der Waals surface area contributed by atoms with E-state index >= 15 is 0 Å². The van der Waals surface area contributed by atoms with Gasteiger partial charge < -0.3 is 16.0 Å². The predicted molar refractivity (Wildman–Crippen MR) is 121 cm³/mol. The van der Waals surface area contributed by atoms with Gasteiger partial charge in [0.1, 0.15) is 11.9 Å². The summed E-state index contributed by atoms with van der Waals surface area (Å²) < 4.78 is 13.3. The zero-order valence-corrected chi connectivity index (χ0v) is 18.3. The van der Waals surface area contributed by atoms with Gasteiger partial charge in [-0.3, -0.25) is 14.5 Å². The summed E-state index contributed by atoms with van der Waals surface area (Å²) >= 11 is 0. The molecule has 1 saturated heterocycles. The fraction of sp³-hybridized carbons (Fsp3) is 0.333. The van der Waals surface area contributed by atoms with E-state index in [-0.39, 0.29) is 42.7 Å². The van der Waals surface area contributed by atoms with Crippen molar-refractivity contribution in [3.63, 3.8) is 0 Å². The van der Waals surface area contributed by atoms with Crippen LogP contribution in [0.5, 0.6) is 0 Å². The quantitative estimate of drug-likeness (QED) is 0.724. The second kappa shape index (κ2) is 11.9. The molecule has 9 heteroatoms. The lowest BCUT2D eigenvalue weighted by Gasteiger charge is -2.38. The van der Waals surface area contributed by atoms with Crippen molar-refractivity contribution in [2.24, 2.45) is 5.73 Å². The Labute approximate surface area is 188 Å². The third kappa shape index (κ3) is 6.40. The molecule has 1 aliphatic rings. The maximum atomic E-state index is 13.3. The van der Waals surface area contributed by atoms with E-state index in [1.807, 2.05) is 42.2 Å². The number of carbonyl (C=O) groups is 2. The second-order valence-electron chi connectivity index (χ2n) is 6.93. The van der Waals surface area contributed by atoms with Crippen LogP contribution in [0.4, 0.5) is 10.1 Å². The Bertz CT molecular complexity index is 833. The lowest BCUT2D eigenvalue weighted by atomic mass is 10.1. The monoisotopic (exact) mass is 456 g/mol. The minimum Gasteiger partial charge on any atom is -0.338 e. The van der Waals surface area contributed by atoms with E-state index < -0.39 is 11.9 Å². The summed E-state index contributed by atoms with van der Waals surface area (Å²) in [7, 11) is 0. The van der Waals surface area contributed by atoms with Crippen molar-refractivity contribution in [3.05, 3.63) is 66.0 Å². The molecule has 1 fully saturated rings. The molecule has 0 aliphatic carbocycles. The molecule has 2 unspecified atom stereocenters. The van der Waals surface area contributed by atoms with Gasteiger partial charge in [0.25, 0.3) is 0 Å². The van der Waals surface area contributed by atoms with Gasteiger partial charge in [0.15, 0.2) is 0 Å². The SMILES string of the molecule is CC(C(=O)Nc1cccc(F)c1)N1CCN(C(=O)C(N)c2ccccc2)CC1.Cl.Cl. The number of benzene rings is 2. The zero-order valence-electron chi connectivity index (χ0n) is 16.7. The third-order valence-electron chi connectivity index (χ3n) is 5.07. The maximum absolute atomic E-state index is 13.3. The van der Waals surface area contributed by atoms with Crippen LogP contribution in [0.25, 0.3) is 0 Å². The van der Waals surface area contributed by atoms with Crippen LogP contribution >= 0.6 is 24.8 Å². The number of anilines is 1. The van der Waals surface area contributed by atoms with Gasteiger partial charge in [0, 0.05) is 31.9 Å². The van der Waals surface area contributed by atoms with Gasteiger partial charge in [-0.2, -0.15) is 0 Å². The molecule has 3 rings (SSSR count). The molecular formula is C21H27Cl2FN4O2. The minimum atomic E-state index is -0.679. The molecule has 0 saturated carbocycles. The minimum absolute atomic E-state index is 0. The van der Waals surface area contributed by atoms with Gasteiger partial charge in [-0.15, -0.1) is 24.8 Å². The molecule has 0 bridgehead atoms. The van der Waals surface area contributed by atoms with Gasteiger partial charge in [0.05, 0.1) is 6.04 Å². The van der Waals surface area contributed by atoms with E-state index in [0.717, 1.165) is 5.56 Å². The summed E-state index contributed by atoms with van der Waals surface area (Å²) in [6.45, 7) is 3.98. The number of halogens is 3. The molecule has 2 aromatic carbocycles. The molecule has 6 nitrogen and oxygen atoms in total. The fourth-order valence-corrected chi connectivity index (χ4v) is 3.31. The van der Waals surface area contributed by atoms with Crippen molar-refractivity contribution in [1.82, 2.24) is 9.80 Å². The summed E-state index contributed by atoms with van der Waals surface area (Å²) in [4.78, 5) is 28.9. The number of nitrogens with one attached hydrogen (secondary N) is 1. The molecule has 2 aromatic rings. The molecule has 0 spiro atoms. The number of rotatable bonds is 5. The number of carbonyl (C=O) groups excluding carboxylic acids is 2. The standard InChI is InChI=1S/C21H25FN4O2.2ClH/c1-15(20(27)24-18-9-5-8-17(22)14-18)25-10-12-26(13-11-25)21(28)19(23)16-6-3-2-4-7-16;;/h2-9,14-15,19H,10-13,23H2,1H3,(H,24,27);2*1H. The smallest absolute Gasteiger partial charge is 0.244 e. The third-order valence-corrected chi connectivity index (χ3v) is 5.07. The molecule has 2 amide bonds. The molecular weight excluding hydrogens is 430 g/mol. The summed E-state index contributed by atoms with van der Waals surface area (Å²) in [5.41, 5.74) is 7.33. The Morgan fingerprint density at radius 1 is 1.00 bits per heavy atom. The number of piperazine rings is 1. The summed E-state index contributed by atoms with van der Waals surface area (Å²) in [6, 6.07) is 14.0. The van der Waals surface area contributed by atoms with Gasteiger partial charge in [-0.25, -0.2) is 4.39 Å². The number of nitrogens with zero attached hydrogens (tertiary/aromatic N) is 2. The largest absolute Gasteiger partial charge is 0.338 e. The Hall–Kier alpha value is -2.19. The van der Waals surface area contributed by atoms with Crippen molar-refractivity contribution in [1.29, 1.82) is 0 Å². The first-order valence-electron chi connectivity index (χ1n) is 9.35. The van der Waals surface area contributed by atoms with Gasteiger partial charge in [-0.1, -0.05) is 36.4 Å². The van der Waals surface area contributed by atoms with Crippen molar-refractivity contribution in [3.8, 4) is 0 Å². The fourth-order valence-electron chi connectivity index (χ4n) is 3.31. The Morgan fingerprint density at radius 2 is 1.63 bits per heavy atom. The highest BCUT2D eigenvalue weighted by atomic mass is 35.5. The average molecular weight is 457 g/mol. The molecule has 3 N–H and O–H groups in total. The maximum Gasteiger partial charge on any atom is 0.244 e. The van der Waals surface area contributed by atoms with E-state index in [1.54, 1.807) is 17.0 Å². The second-order valence-corrected chi connectivity index (χ2v) is 6.93. The Balaban J connectivity index is 0.00000225. The zero-order chi connectivity index (χ0) is 20.1. The van der Waals surface area contributed by atoms with Crippen LogP contribution in [0.15, 0.2) is 54.6 Å². The molecule has 1 heterocycles. The first-order chi connectivity index (χ1) is 13.5. The first-order valence-corrected chi connectivity index (χ1v) is 9.35. The highest BCUT2D eigenvalue weighted by molar-refractivity contribution is 5.94. The number of amides is 2. The van der Waals surface area contributed by atoms with Crippen molar-refractivity contribution in [2.75, 3.05) is 31.5 Å². The van der Waals surface area contributed by atoms with Crippen LogP contribution in [-0.4, -0.2) is 53.8 Å². The van der Waals surface area contributed by atoms with Crippen LogP contribution in [-0.2, 0) is 9.59 Å². The highest BCUT2D eigenvalue weighted by Gasteiger charge is 2.29. The van der Waals surface area contributed by atoms with Crippen LogP contribution < -0.4 is 11.1 Å². The van der Waals surface area contributed by atoms with E-state index in [1.165, 1.54) is 12.1 Å². The summed E-state index contributed by atoms with van der Waals surface area (Å²) in [6.07, 6.45) is 0.